The van der Waals surface area contributed by atoms with E-state index in [0.717, 1.165) is 4.47 Å². The van der Waals surface area contributed by atoms with Gasteiger partial charge in [0.05, 0.1) is 16.4 Å². The Balaban J connectivity index is 1.61. The van der Waals surface area contributed by atoms with Gasteiger partial charge in [-0.1, -0.05) is 33.6 Å². The van der Waals surface area contributed by atoms with E-state index in [1.54, 1.807) is 42.5 Å². The van der Waals surface area contributed by atoms with E-state index in [-0.39, 0.29) is 12.5 Å². The van der Waals surface area contributed by atoms with Crippen LogP contribution in [0, 0.1) is 3.57 Å². The predicted molar refractivity (Wildman–Crippen MR) is 154 cm³/mol. The molecular weight excluding hydrogens is 679 g/mol. The Morgan fingerprint density at radius 1 is 1.00 bits per heavy atom. The molecule has 3 aromatic rings. The Morgan fingerprint density at radius 2 is 1.76 bits per heavy atom. The number of amides is 3. The molecule has 0 radical (unpaired) electrons. The number of carbonyl (C=O) groups is 3. The second-order valence-electron chi connectivity index (χ2n) is 7.27. The number of hydrogen-bond acceptors (Lipinski definition) is 6. The fourth-order valence-corrected chi connectivity index (χ4v) is 4.14. The summed E-state index contributed by atoms with van der Waals surface area (Å²) in [6, 6.07) is 17.0. The van der Waals surface area contributed by atoms with Crippen molar-refractivity contribution >= 4 is 85.4 Å². The molecule has 3 N–H and O–H groups in total. The van der Waals surface area contributed by atoms with Crippen molar-refractivity contribution in [1.82, 2.24) is 5.43 Å². The van der Waals surface area contributed by atoms with E-state index in [1.807, 2.05) is 19.1 Å². The van der Waals surface area contributed by atoms with Crippen LogP contribution in [-0.2, 0) is 14.4 Å². The number of nitrogens with zero attached hydrogens (tertiary/aromatic N) is 1. The maximum absolute atomic E-state index is 12.3. The standard InChI is InChI=1S/C25H21BrClIN4O5/c1-2-36-21-11-15(13-29-32-25(35)24(34)31-19-5-3-4-17(27)12-19)10-20(28)23(21)37-14-22(33)30-18-8-6-16(26)7-9-18/h3-13H,2,14H2,1H3,(H,30,33)(H,31,34)(H,32,35)/b29-13-. The fourth-order valence-electron chi connectivity index (χ4n) is 2.90. The third kappa shape index (κ3) is 9.02. The minimum atomic E-state index is -0.951. The van der Waals surface area contributed by atoms with Gasteiger partial charge in [0.15, 0.2) is 18.1 Å². The number of carbonyl (C=O) groups excluding carboxylic acids is 3. The molecule has 12 heteroatoms. The number of nitrogens with one attached hydrogen (secondary N) is 3. The van der Waals surface area contributed by atoms with Crippen molar-refractivity contribution in [3.63, 3.8) is 0 Å². The first-order valence-corrected chi connectivity index (χ1v) is 13.0. The molecule has 0 saturated carbocycles. The maximum Gasteiger partial charge on any atom is 0.329 e. The molecule has 0 atom stereocenters. The van der Waals surface area contributed by atoms with Crippen molar-refractivity contribution in [3.8, 4) is 11.5 Å². The van der Waals surface area contributed by atoms with Crippen LogP contribution in [0.5, 0.6) is 11.5 Å². The summed E-state index contributed by atoms with van der Waals surface area (Å²) in [5.41, 5.74) is 3.78. The Kier molecular flexibility index (Phi) is 10.7. The largest absolute Gasteiger partial charge is 0.490 e. The number of halogens is 3. The van der Waals surface area contributed by atoms with Crippen molar-refractivity contribution in [3.05, 3.63) is 79.3 Å². The Labute approximate surface area is 240 Å². The van der Waals surface area contributed by atoms with E-state index >= 15 is 0 Å². The van der Waals surface area contributed by atoms with Gasteiger partial charge in [-0.25, -0.2) is 5.43 Å². The number of hydrazone groups is 1. The van der Waals surface area contributed by atoms with Gasteiger partial charge in [-0.2, -0.15) is 5.10 Å². The van der Waals surface area contributed by atoms with Crippen molar-refractivity contribution in [2.45, 2.75) is 6.92 Å². The van der Waals surface area contributed by atoms with Crippen molar-refractivity contribution in [2.24, 2.45) is 5.10 Å². The van der Waals surface area contributed by atoms with Crippen molar-refractivity contribution in [2.75, 3.05) is 23.8 Å². The molecule has 3 rings (SSSR count). The summed E-state index contributed by atoms with van der Waals surface area (Å²) in [6.07, 6.45) is 1.36. The molecule has 192 valence electrons. The zero-order valence-corrected chi connectivity index (χ0v) is 23.9. The third-order valence-corrected chi connectivity index (χ3v) is 6.04. The second kappa shape index (κ2) is 14.0. The average molecular weight is 700 g/mol. The lowest BCUT2D eigenvalue weighted by atomic mass is 10.2. The summed E-state index contributed by atoms with van der Waals surface area (Å²) in [4.78, 5) is 36.4. The summed E-state index contributed by atoms with van der Waals surface area (Å²) in [5.74, 6) is -1.38. The molecule has 3 amide bonds. The van der Waals surface area contributed by atoms with Gasteiger partial charge in [0.2, 0.25) is 0 Å². The van der Waals surface area contributed by atoms with Crippen LogP contribution in [0.4, 0.5) is 11.4 Å². The highest BCUT2D eigenvalue weighted by Gasteiger charge is 2.15. The first-order valence-electron chi connectivity index (χ1n) is 10.8. The van der Waals surface area contributed by atoms with Gasteiger partial charge in [-0.3, -0.25) is 14.4 Å². The highest BCUT2D eigenvalue weighted by Crippen LogP contribution is 2.34. The molecule has 0 spiro atoms. The van der Waals surface area contributed by atoms with Crippen LogP contribution in [0.1, 0.15) is 12.5 Å². The molecule has 0 saturated heterocycles. The molecule has 0 unspecified atom stereocenters. The highest BCUT2D eigenvalue weighted by molar-refractivity contribution is 14.1. The van der Waals surface area contributed by atoms with Gasteiger partial charge in [-0.05, 0) is 89.7 Å². The van der Waals surface area contributed by atoms with E-state index in [9.17, 15) is 14.4 Å². The summed E-state index contributed by atoms with van der Waals surface area (Å²) in [5, 5.41) is 9.46. The fraction of sp³-hybridized carbons (Fsp3) is 0.120. The van der Waals surface area contributed by atoms with E-state index in [4.69, 9.17) is 21.1 Å². The lowest BCUT2D eigenvalue weighted by molar-refractivity contribution is -0.136. The van der Waals surface area contributed by atoms with Crippen LogP contribution in [0.15, 0.2) is 70.2 Å². The Hall–Kier alpha value is -3.16. The van der Waals surface area contributed by atoms with Gasteiger partial charge in [0.1, 0.15) is 0 Å². The monoisotopic (exact) mass is 698 g/mol. The Morgan fingerprint density at radius 3 is 2.46 bits per heavy atom. The summed E-state index contributed by atoms with van der Waals surface area (Å²) >= 11 is 11.3. The van der Waals surface area contributed by atoms with E-state index in [1.165, 1.54) is 12.3 Å². The van der Waals surface area contributed by atoms with Gasteiger partial charge >= 0.3 is 11.8 Å². The molecule has 0 aliphatic carbocycles. The molecule has 9 nitrogen and oxygen atoms in total. The summed E-state index contributed by atoms with van der Waals surface area (Å²) < 4.78 is 13.0. The summed E-state index contributed by atoms with van der Waals surface area (Å²) in [7, 11) is 0. The SMILES string of the molecule is CCOc1cc(/C=N\NC(=O)C(=O)Nc2cccc(Cl)c2)cc(I)c1OCC(=O)Nc1ccc(Br)cc1. The number of hydrogen-bond donors (Lipinski definition) is 3. The zero-order valence-electron chi connectivity index (χ0n) is 19.4. The average Bonchev–Trinajstić information content (AvgIpc) is 2.85. The van der Waals surface area contributed by atoms with Crippen LogP contribution >= 0.6 is 50.1 Å². The topological polar surface area (TPSA) is 118 Å². The second-order valence-corrected chi connectivity index (χ2v) is 9.78. The highest BCUT2D eigenvalue weighted by atomic mass is 127. The minimum Gasteiger partial charge on any atom is -0.490 e. The normalized spacial score (nSPS) is 10.6. The Bertz CT molecular complexity index is 1320. The van der Waals surface area contributed by atoms with Crippen molar-refractivity contribution in [1.29, 1.82) is 0 Å². The van der Waals surface area contributed by atoms with Gasteiger partial charge in [0.25, 0.3) is 5.91 Å². The van der Waals surface area contributed by atoms with Gasteiger partial charge in [-0.15, -0.1) is 0 Å². The zero-order chi connectivity index (χ0) is 26.8. The molecule has 0 aliphatic rings. The smallest absolute Gasteiger partial charge is 0.329 e. The van der Waals surface area contributed by atoms with Crippen LogP contribution in [0.2, 0.25) is 5.02 Å². The predicted octanol–water partition coefficient (Wildman–Crippen LogP) is 5.21. The minimum absolute atomic E-state index is 0.225. The third-order valence-electron chi connectivity index (χ3n) is 4.48. The maximum atomic E-state index is 12.3. The number of rotatable bonds is 9. The van der Waals surface area contributed by atoms with Crippen LogP contribution in [0.25, 0.3) is 0 Å². The lowest BCUT2D eigenvalue weighted by Crippen LogP contribution is -2.32. The van der Waals surface area contributed by atoms with E-state index in [0.29, 0.717) is 43.6 Å². The number of anilines is 2. The van der Waals surface area contributed by atoms with Crippen molar-refractivity contribution < 1.29 is 23.9 Å². The number of benzene rings is 3. The molecular formula is C25H21BrClIN4O5. The van der Waals surface area contributed by atoms with Gasteiger partial charge in [0, 0.05) is 20.9 Å². The van der Waals surface area contributed by atoms with E-state index in [2.05, 4.69) is 59.7 Å². The molecule has 3 aromatic carbocycles. The van der Waals surface area contributed by atoms with Gasteiger partial charge < -0.3 is 20.1 Å². The van der Waals surface area contributed by atoms with Crippen LogP contribution in [0.3, 0.4) is 0 Å². The first kappa shape index (κ1) is 28.4. The number of ether oxygens (including phenoxy) is 2. The molecule has 0 aliphatic heterocycles. The van der Waals surface area contributed by atoms with Crippen LogP contribution < -0.4 is 25.5 Å². The molecule has 37 heavy (non-hydrogen) atoms. The summed E-state index contributed by atoms with van der Waals surface area (Å²) in [6.45, 7) is 1.95. The van der Waals surface area contributed by atoms with Crippen LogP contribution in [-0.4, -0.2) is 37.1 Å². The van der Waals surface area contributed by atoms with E-state index < -0.39 is 11.8 Å². The molecule has 0 bridgehead atoms. The molecule has 0 heterocycles. The quantitative estimate of drug-likeness (QED) is 0.123. The first-order chi connectivity index (χ1) is 17.7. The molecule has 0 aromatic heterocycles. The molecule has 0 fully saturated rings. The lowest BCUT2D eigenvalue weighted by Gasteiger charge is -2.14.